The van der Waals surface area contributed by atoms with Crippen LogP contribution in [-0.2, 0) is 9.45 Å². The highest BCUT2D eigenvalue weighted by Gasteiger charge is 2.20. The maximum atomic E-state index is 12.1. The Balaban J connectivity index is 3.01. The van der Waals surface area contributed by atoms with Gasteiger partial charge in [0.2, 0.25) is 0 Å². The van der Waals surface area contributed by atoms with E-state index in [4.69, 9.17) is 0 Å². The van der Waals surface area contributed by atoms with Crippen molar-refractivity contribution >= 4 is 19.0 Å². The molecule has 0 radical (unpaired) electrons. The Hall–Kier alpha value is -1.65. The minimum atomic E-state index is -2.94. The Morgan fingerprint density at radius 2 is 1.88 bits per heavy atom. The van der Waals surface area contributed by atoms with E-state index in [0.29, 0.717) is 5.56 Å². The molecule has 84 valence electrons. The lowest BCUT2D eigenvalue weighted by atomic mass is 10.1. The van der Waals surface area contributed by atoms with Gasteiger partial charge in [-0.1, -0.05) is 29.8 Å². The lowest BCUT2D eigenvalue weighted by Crippen LogP contribution is -2.05. The third-order valence-electron chi connectivity index (χ3n) is 1.89. The molecule has 0 amide bonds. The van der Waals surface area contributed by atoms with Crippen molar-refractivity contribution in [1.29, 1.82) is 0 Å². The van der Waals surface area contributed by atoms with Crippen molar-refractivity contribution < 1.29 is 18.1 Å². The number of carbonyl (C=O) groups is 1. The molecule has 0 spiro atoms. The highest BCUT2D eigenvalue weighted by molar-refractivity contribution is 6.36. The molecule has 0 N–H and O–H groups in total. The van der Waals surface area contributed by atoms with Crippen molar-refractivity contribution in [2.45, 2.75) is 13.8 Å². The molecule has 0 aliphatic heterocycles. The number of rotatable bonds is 4. The quantitative estimate of drug-likeness (QED) is 0.446. The molecule has 2 nitrogen and oxygen atoms in total. The molecule has 0 atom stereocenters. The molecule has 1 aromatic carbocycles. The number of hydrogen-bond donors (Lipinski definition) is 0. The third-order valence-corrected chi connectivity index (χ3v) is 1.89. The van der Waals surface area contributed by atoms with Crippen molar-refractivity contribution in [2.75, 3.05) is 0 Å². The number of ketones is 1. The van der Waals surface area contributed by atoms with Crippen LogP contribution in [0.15, 0.2) is 30.3 Å². The molecule has 0 saturated carbocycles. The van der Waals surface area contributed by atoms with Crippen LogP contribution in [0.25, 0.3) is 5.76 Å². The van der Waals surface area contributed by atoms with Gasteiger partial charge in [0.05, 0.1) is 0 Å². The van der Waals surface area contributed by atoms with Crippen LogP contribution >= 0.6 is 0 Å². The number of allylic oxidation sites excluding steroid dienone is 1. The van der Waals surface area contributed by atoms with Gasteiger partial charge in [-0.25, -0.2) is 8.63 Å². The van der Waals surface area contributed by atoms with Gasteiger partial charge in [0.1, 0.15) is 5.76 Å². The van der Waals surface area contributed by atoms with E-state index in [1.807, 2.05) is 6.92 Å². The molecule has 0 saturated heterocycles. The first kappa shape index (κ1) is 12.4. The maximum absolute atomic E-state index is 12.1. The highest BCUT2D eigenvalue weighted by atomic mass is 19.2. The molecule has 0 unspecified atom stereocenters. The molecule has 1 rings (SSSR count). The molecule has 0 aliphatic rings. The third kappa shape index (κ3) is 3.84. The molecule has 0 bridgehead atoms. The van der Waals surface area contributed by atoms with E-state index in [2.05, 4.69) is 4.65 Å². The van der Waals surface area contributed by atoms with E-state index in [0.717, 1.165) is 11.6 Å². The van der Waals surface area contributed by atoms with Crippen LogP contribution in [0, 0.1) is 6.92 Å². The number of carbonyl (C=O) groups excluding carboxylic acids is 1. The molecule has 16 heavy (non-hydrogen) atoms. The minimum absolute atomic E-state index is 0.109. The molecule has 0 aliphatic carbocycles. The summed E-state index contributed by atoms with van der Waals surface area (Å²) in [6.07, 6.45) is 1.05. The zero-order valence-electron chi connectivity index (χ0n) is 9.04. The second-order valence-corrected chi connectivity index (χ2v) is 3.36. The predicted octanol–water partition coefficient (Wildman–Crippen LogP) is 2.87. The van der Waals surface area contributed by atoms with Gasteiger partial charge in [0.25, 0.3) is 0 Å². The summed E-state index contributed by atoms with van der Waals surface area (Å²) in [6, 6.07) is 6.79. The number of hydrogen-bond acceptors (Lipinski definition) is 2. The largest absolute Gasteiger partial charge is 0.796 e. The smallest absolute Gasteiger partial charge is 0.505 e. The second-order valence-electron chi connectivity index (χ2n) is 3.36. The average Bonchev–Trinajstić information content (AvgIpc) is 2.16. The number of aryl methyl sites for hydroxylation is 1. The second kappa shape index (κ2) is 5.44. The molecular formula is C11H11BF2O2. The normalized spacial score (nSPS) is 11.1. The number of benzene rings is 1. The summed E-state index contributed by atoms with van der Waals surface area (Å²) >= 11 is 0. The van der Waals surface area contributed by atoms with Crippen LogP contribution in [-0.4, -0.2) is 13.3 Å². The summed E-state index contributed by atoms with van der Waals surface area (Å²) in [6.45, 7) is 3.16. The Labute approximate surface area is 93.1 Å². The van der Waals surface area contributed by atoms with Gasteiger partial charge in [-0.2, -0.15) is 0 Å². The van der Waals surface area contributed by atoms with E-state index >= 15 is 0 Å². The summed E-state index contributed by atoms with van der Waals surface area (Å²) in [5.74, 6) is -0.446. The standard InChI is InChI=1S/C11H11BF2O2/c1-8-3-5-10(6-4-8)11(7-9(2)15)16-12(13)14/h3-7H,1-2H3/b11-7-. The van der Waals surface area contributed by atoms with Crippen molar-refractivity contribution in [2.24, 2.45) is 0 Å². The van der Waals surface area contributed by atoms with E-state index in [9.17, 15) is 13.4 Å². The summed E-state index contributed by atoms with van der Waals surface area (Å²) in [4.78, 5) is 10.9. The van der Waals surface area contributed by atoms with Crippen LogP contribution in [0.5, 0.6) is 0 Å². The van der Waals surface area contributed by atoms with Gasteiger partial charge >= 0.3 is 7.47 Å². The van der Waals surface area contributed by atoms with Crippen molar-refractivity contribution in [3.63, 3.8) is 0 Å². The van der Waals surface area contributed by atoms with Crippen LogP contribution in [0.4, 0.5) is 8.63 Å². The molecule has 5 heteroatoms. The Bertz CT molecular complexity index is 399. The average molecular weight is 224 g/mol. The fourth-order valence-corrected chi connectivity index (χ4v) is 1.18. The summed E-state index contributed by atoms with van der Waals surface area (Å²) in [7, 11) is -2.94. The zero-order chi connectivity index (χ0) is 12.1. The van der Waals surface area contributed by atoms with Crippen LogP contribution in [0.1, 0.15) is 18.1 Å². The topological polar surface area (TPSA) is 26.3 Å². The van der Waals surface area contributed by atoms with Crippen LogP contribution in [0.2, 0.25) is 0 Å². The molecular weight excluding hydrogens is 213 g/mol. The molecule has 0 heterocycles. The van der Waals surface area contributed by atoms with E-state index in [1.54, 1.807) is 24.3 Å². The Morgan fingerprint density at radius 3 is 2.31 bits per heavy atom. The van der Waals surface area contributed by atoms with Crippen LogP contribution in [0.3, 0.4) is 0 Å². The van der Waals surface area contributed by atoms with Gasteiger partial charge in [-0.05, 0) is 13.8 Å². The summed E-state index contributed by atoms with van der Waals surface area (Å²) < 4.78 is 28.5. The monoisotopic (exact) mass is 224 g/mol. The fraction of sp³-hybridized carbons (Fsp3) is 0.182. The molecule has 0 fully saturated rings. The minimum Gasteiger partial charge on any atom is -0.505 e. The lowest BCUT2D eigenvalue weighted by Gasteiger charge is -2.08. The first-order valence-corrected chi connectivity index (χ1v) is 4.73. The van der Waals surface area contributed by atoms with Gasteiger partial charge in [0.15, 0.2) is 5.78 Å². The summed E-state index contributed by atoms with van der Waals surface area (Å²) in [5, 5.41) is 0. The van der Waals surface area contributed by atoms with Gasteiger partial charge in [-0.3, -0.25) is 4.79 Å². The van der Waals surface area contributed by atoms with Crippen molar-refractivity contribution in [1.82, 2.24) is 0 Å². The summed E-state index contributed by atoms with van der Waals surface area (Å²) in [5.41, 5.74) is 1.46. The first-order valence-electron chi connectivity index (χ1n) is 4.73. The predicted molar refractivity (Wildman–Crippen MR) is 58.9 cm³/mol. The van der Waals surface area contributed by atoms with Gasteiger partial charge < -0.3 is 4.65 Å². The van der Waals surface area contributed by atoms with Crippen molar-refractivity contribution in [3.8, 4) is 0 Å². The van der Waals surface area contributed by atoms with Crippen LogP contribution < -0.4 is 0 Å². The Morgan fingerprint density at radius 1 is 1.31 bits per heavy atom. The van der Waals surface area contributed by atoms with E-state index in [1.165, 1.54) is 6.92 Å². The lowest BCUT2D eigenvalue weighted by molar-refractivity contribution is -0.112. The number of halogens is 2. The zero-order valence-corrected chi connectivity index (χ0v) is 9.04. The molecule has 1 aromatic rings. The first-order chi connectivity index (χ1) is 7.49. The highest BCUT2D eigenvalue weighted by Crippen LogP contribution is 2.18. The van der Waals surface area contributed by atoms with E-state index in [-0.39, 0.29) is 11.5 Å². The Kier molecular flexibility index (Phi) is 4.23. The van der Waals surface area contributed by atoms with E-state index < -0.39 is 7.47 Å². The maximum Gasteiger partial charge on any atom is 0.796 e. The fourth-order valence-electron chi connectivity index (χ4n) is 1.18. The van der Waals surface area contributed by atoms with Gasteiger partial charge in [-0.15, -0.1) is 0 Å². The SMILES string of the molecule is CC(=O)/C=C(\OB(F)F)c1ccc(C)cc1. The van der Waals surface area contributed by atoms with Crippen molar-refractivity contribution in [3.05, 3.63) is 41.5 Å². The molecule has 0 aromatic heterocycles. The van der Waals surface area contributed by atoms with Gasteiger partial charge in [0, 0.05) is 11.6 Å².